The first-order valence-corrected chi connectivity index (χ1v) is 9.04. The predicted molar refractivity (Wildman–Crippen MR) is 87.0 cm³/mol. The molecule has 2 aliphatic rings. The second-order valence-electron chi connectivity index (χ2n) is 7.07. The van der Waals surface area contributed by atoms with Crippen molar-refractivity contribution in [1.29, 1.82) is 0 Å². The highest BCUT2D eigenvalue weighted by atomic mass is 16.5. The molecule has 2 rings (SSSR count). The van der Waals surface area contributed by atoms with Gasteiger partial charge in [-0.05, 0) is 56.8 Å². The molecule has 0 bridgehead atoms. The van der Waals surface area contributed by atoms with Gasteiger partial charge in [0.1, 0.15) is 6.10 Å². The minimum absolute atomic E-state index is 0.0573. The van der Waals surface area contributed by atoms with Gasteiger partial charge in [-0.15, -0.1) is 6.58 Å². The summed E-state index contributed by atoms with van der Waals surface area (Å²) in [5.41, 5.74) is 0. The molecule has 0 amide bonds. The zero-order valence-electron chi connectivity index (χ0n) is 13.7. The molecule has 2 nitrogen and oxygen atoms in total. The lowest BCUT2D eigenvalue weighted by Gasteiger charge is -2.31. The molecule has 2 unspecified atom stereocenters. The second-order valence-corrected chi connectivity index (χ2v) is 7.07. The third-order valence-corrected chi connectivity index (χ3v) is 5.59. The van der Waals surface area contributed by atoms with Crippen molar-refractivity contribution >= 4 is 5.97 Å². The van der Waals surface area contributed by atoms with E-state index in [1.165, 1.54) is 44.9 Å². The Hall–Kier alpha value is -0.790. The lowest BCUT2D eigenvalue weighted by molar-refractivity contribution is -0.161. The number of carbonyl (C=O) groups is 1. The maximum absolute atomic E-state index is 11.8. The van der Waals surface area contributed by atoms with E-state index in [1.807, 2.05) is 6.08 Å². The first-order valence-electron chi connectivity index (χ1n) is 9.04. The Bertz CT molecular complexity index is 328. The van der Waals surface area contributed by atoms with Crippen LogP contribution in [0.4, 0.5) is 0 Å². The van der Waals surface area contributed by atoms with E-state index >= 15 is 0 Å². The van der Waals surface area contributed by atoms with Gasteiger partial charge < -0.3 is 4.74 Å². The Kier molecular flexibility index (Phi) is 6.79. The van der Waals surface area contributed by atoms with E-state index < -0.39 is 0 Å². The number of esters is 1. The monoisotopic (exact) mass is 292 g/mol. The molecule has 1 heterocycles. The SMILES string of the molecule is C=CCCC1CCC(CCC2CCC(CC)C(=O)O2)CC1. The van der Waals surface area contributed by atoms with E-state index in [9.17, 15) is 4.79 Å². The van der Waals surface area contributed by atoms with Crippen molar-refractivity contribution in [3.63, 3.8) is 0 Å². The molecule has 1 aliphatic heterocycles. The summed E-state index contributed by atoms with van der Waals surface area (Å²) in [5, 5.41) is 0. The number of allylic oxidation sites excluding steroid dienone is 1. The third kappa shape index (κ3) is 5.16. The summed E-state index contributed by atoms with van der Waals surface area (Å²) in [6.45, 7) is 5.90. The minimum atomic E-state index is 0.0573. The summed E-state index contributed by atoms with van der Waals surface area (Å²) in [4.78, 5) is 11.8. The van der Waals surface area contributed by atoms with E-state index in [4.69, 9.17) is 4.74 Å². The van der Waals surface area contributed by atoms with Crippen molar-refractivity contribution in [3.8, 4) is 0 Å². The Morgan fingerprint density at radius 2 is 1.71 bits per heavy atom. The van der Waals surface area contributed by atoms with Crippen LogP contribution < -0.4 is 0 Å². The maximum atomic E-state index is 11.8. The molecule has 2 atom stereocenters. The molecule has 1 saturated heterocycles. The van der Waals surface area contributed by atoms with Crippen molar-refractivity contribution in [2.45, 2.75) is 83.7 Å². The molecular formula is C19H32O2. The Labute approximate surface area is 130 Å². The van der Waals surface area contributed by atoms with E-state index in [0.717, 1.165) is 37.5 Å². The number of hydrogen-bond acceptors (Lipinski definition) is 2. The number of carbonyl (C=O) groups excluding carboxylic acids is 1. The molecule has 0 radical (unpaired) electrons. The average Bonchev–Trinajstić information content (AvgIpc) is 2.52. The van der Waals surface area contributed by atoms with Gasteiger partial charge in [0.25, 0.3) is 0 Å². The van der Waals surface area contributed by atoms with E-state index in [-0.39, 0.29) is 18.0 Å². The van der Waals surface area contributed by atoms with Crippen LogP contribution in [0.1, 0.15) is 77.6 Å². The van der Waals surface area contributed by atoms with Gasteiger partial charge in [-0.25, -0.2) is 0 Å². The normalized spacial score (nSPS) is 33.5. The average molecular weight is 292 g/mol. The molecule has 0 aromatic rings. The van der Waals surface area contributed by atoms with Gasteiger partial charge in [0.2, 0.25) is 0 Å². The van der Waals surface area contributed by atoms with Crippen molar-refractivity contribution in [2.24, 2.45) is 17.8 Å². The molecule has 120 valence electrons. The standard InChI is InChI=1S/C19H32O2/c1-3-5-6-15-7-9-16(10-8-15)11-13-18-14-12-17(4-2)19(20)21-18/h3,15-18H,1,4-14H2,2H3. The third-order valence-electron chi connectivity index (χ3n) is 5.59. The fourth-order valence-corrected chi connectivity index (χ4v) is 3.98. The van der Waals surface area contributed by atoms with E-state index in [1.54, 1.807) is 0 Å². The Morgan fingerprint density at radius 3 is 2.29 bits per heavy atom. The van der Waals surface area contributed by atoms with Crippen molar-refractivity contribution in [3.05, 3.63) is 12.7 Å². The first kappa shape index (κ1) is 16.6. The van der Waals surface area contributed by atoms with Gasteiger partial charge in [-0.2, -0.15) is 0 Å². The summed E-state index contributed by atoms with van der Waals surface area (Å²) < 4.78 is 5.61. The molecule has 21 heavy (non-hydrogen) atoms. The lowest BCUT2D eigenvalue weighted by Crippen LogP contribution is -2.31. The zero-order chi connectivity index (χ0) is 15.1. The van der Waals surface area contributed by atoms with Crippen molar-refractivity contribution in [2.75, 3.05) is 0 Å². The van der Waals surface area contributed by atoms with Gasteiger partial charge in [0.15, 0.2) is 0 Å². The van der Waals surface area contributed by atoms with Crippen LogP contribution in [0.25, 0.3) is 0 Å². The minimum Gasteiger partial charge on any atom is -0.462 e. The van der Waals surface area contributed by atoms with Crippen molar-refractivity contribution < 1.29 is 9.53 Å². The summed E-state index contributed by atoms with van der Waals surface area (Å²) in [7, 11) is 0. The smallest absolute Gasteiger partial charge is 0.309 e. The van der Waals surface area contributed by atoms with E-state index in [2.05, 4.69) is 13.5 Å². The van der Waals surface area contributed by atoms with Gasteiger partial charge >= 0.3 is 5.97 Å². The number of rotatable bonds is 7. The van der Waals surface area contributed by atoms with E-state index in [0.29, 0.717) is 0 Å². The zero-order valence-corrected chi connectivity index (χ0v) is 13.7. The number of ether oxygens (including phenoxy) is 1. The van der Waals surface area contributed by atoms with Crippen LogP contribution in [0.2, 0.25) is 0 Å². The molecule has 1 saturated carbocycles. The van der Waals surface area contributed by atoms with Crippen LogP contribution in [0, 0.1) is 17.8 Å². The van der Waals surface area contributed by atoms with Gasteiger partial charge in [-0.1, -0.05) is 38.7 Å². The molecule has 0 aromatic heterocycles. The highest BCUT2D eigenvalue weighted by Crippen LogP contribution is 2.35. The van der Waals surface area contributed by atoms with Crippen LogP contribution in [0.5, 0.6) is 0 Å². The highest BCUT2D eigenvalue weighted by Gasteiger charge is 2.29. The van der Waals surface area contributed by atoms with Gasteiger partial charge in [0.05, 0.1) is 5.92 Å². The molecule has 2 heteroatoms. The highest BCUT2D eigenvalue weighted by molar-refractivity contribution is 5.73. The van der Waals surface area contributed by atoms with Crippen LogP contribution in [0.15, 0.2) is 12.7 Å². The summed E-state index contributed by atoms with van der Waals surface area (Å²) in [5.74, 6) is 2.02. The molecule has 0 N–H and O–H groups in total. The van der Waals surface area contributed by atoms with Crippen LogP contribution in [0.3, 0.4) is 0 Å². The predicted octanol–water partition coefficient (Wildman–Crippen LogP) is 5.27. The van der Waals surface area contributed by atoms with Crippen molar-refractivity contribution in [1.82, 2.24) is 0 Å². The van der Waals surface area contributed by atoms with Crippen LogP contribution >= 0.6 is 0 Å². The van der Waals surface area contributed by atoms with Crippen LogP contribution in [-0.2, 0) is 9.53 Å². The fourth-order valence-electron chi connectivity index (χ4n) is 3.98. The number of cyclic esters (lactones) is 1. The maximum Gasteiger partial charge on any atom is 0.309 e. The molecule has 0 spiro atoms. The summed E-state index contributed by atoms with van der Waals surface area (Å²) in [6.07, 6.45) is 15.7. The molecule has 2 fully saturated rings. The molecule has 0 aromatic carbocycles. The van der Waals surface area contributed by atoms with Crippen LogP contribution in [-0.4, -0.2) is 12.1 Å². The summed E-state index contributed by atoms with van der Waals surface area (Å²) in [6, 6.07) is 0. The Morgan fingerprint density at radius 1 is 1.05 bits per heavy atom. The first-order chi connectivity index (χ1) is 10.2. The van der Waals surface area contributed by atoms with Gasteiger partial charge in [-0.3, -0.25) is 4.79 Å². The fraction of sp³-hybridized carbons (Fsp3) is 0.842. The summed E-state index contributed by atoms with van der Waals surface area (Å²) >= 11 is 0. The number of hydrogen-bond donors (Lipinski definition) is 0. The molecular weight excluding hydrogens is 260 g/mol. The second kappa shape index (κ2) is 8.60. The Balaban J connectivity index is 1.62. The topological polar surface area (TPSA) is 26.3 Å². The van der Waals surface area contributed by atoms with Gasteiger partial charge in [0, 0.05) is 0 Å². The lowest BCUT2D eigenvalue weighted by atomic mass is 9.77. The quantitative estimate of drug-likeness (QED) is 0.472. The largest absolute Gasteiger partial charge is 0.462 e. The molecule has 1 aliphatic carbocycles.